The number of hydrogen-bond donors (Lipinski definition) is 4. The molecule has 5 nitrogen and oxygen atoms in total. The van der Waals surface area contributed by atoms with Crippen LogP contribution in [0.3, 0.4) is 0 Å². The van der Waals surface area contributed by atoms with Gasteiger partial charge in [0.15, 0.2) is 0 Å². The first-order chi connectivity index (χ1) is 6.49. The molecule has 0 aromatic carbocycles. The summed E-state index contributed by atoms with van der Waals surface area (Å²) in [6.07, 6.45) is -4.30. The molecular weight excluding hydrogens is 204 g/mol. The highest BCUT2D eigenvalue weighted by atomic mass is 28.3. The summed E-state index contributed by atoms with van der Waals surface area (Å²) in [5, 5.41) is 37.4. The molecule has 1 aliphatic rings. The molecule has 4 N–H and O–H groups in total. The van der Waals surface area contributed by atoms with E-state index >= 15 is 0 Å². The lowest BCUT2D eigenvalue weighted by molar-refractivity contribution is -0.209. The largest absolute Gasteiger partial charge is 0.394 e. The Morgan fingerprint density at radius 3 is 2.07 bits per heavy atom. The molecular formula is C8H17O5Si. The van der Waals surface area contributed by atoms with Crippen LogP contribution in [0.1, 0.15) is 0 Å². The van der Waals surface area contributed by atoms with Crippen LogP contribution < -0.4 is 0 Å². The molecule has 1 aliphatic heterocycles. The van der Waals surface area contributed by atoms with Gasteiger partial charge < -0.3 is 25.2 Å². The molecule has 0 aromatic rings. The van der Waals surface area contributed by atoms with Gasteiger partial charge in [-0.15, -0.1) is 0 Å². The zero-order chi connectivity index (χ0) is 10.9. The Bertz CT molecular complexity index is 187. The summed E-state index contributed by atoms with van der Waals surface area (Å²) < 4.78 is 5.33. The lowest BCUT2D eigenvalue weighted by atomic mass is 10.0. The second-order valence-corrected chi connectivity index (χ2v) is 6.55. The van der Waals surface area contributed by atoms with E-state index in [-0.39, 0.29) is 6.61 Å². The monoisotopic (exact) mass is 221 g/mol. The van der Waals surface area contributed by atoms with Crippen LogP contribution in [0.5, 0.6) is 0 Å². The van der Waals surface area contributed by atoms with Gasteiger partial charge in [-0.1, -0.05) is 13.1 Å². The van der Waals surface area contributed by atoms with Gasteiger partial charge in [0, 0.05) is 0 Å². The van der Waals surface area contributed by atoms with Crippen molar-refractivity contribution in [2.75, 3.05) is 6.61 Å². The molecule has 1 saturated heterocycles. The van der Waals surface area contributed by atoms with E-state index in [4.69, 9.17) is 9.84 Å². The van der Waals surface area contributed by atoms with E-state index in [0.29, 0.717) is 0 Å². The quantitative estimate of drug-likeness (QED) is 0.410. The highest BCUT2D eigenvalue weighted by molar-refractivity contribution is 6.57. The van der Waals surface area contributed by atoms with Crippen molar-refractivity contribution < 1.29 is 25.2 Å². The van der Waals surface area contributed by atoms with Crippen LogP contribution in [0.15, 0.2) is 0 Å². The van der Waals surface area contributed by atoms with Gasteiger partial charge in [0.05, 0.1) is 21.1 Å². The summed E-state index contributed by atoms with van der Waals surface area (Å²) in [6, 6.07) is 0. The van der Waals surface area contributed by atoms with E-state index in [0.717, 1.165) is 0 Å². The Morgan fingerprint density at radius 1 is 1.07 bits per heavy atom. The Labute approximate surface area is 84.6 Å². The SMILES string of the molecule is C[Si](C)C1O[C@H](CO)[C@@H](O)[C@H](O)[C@H]1O. The molecule has 1 rings (SSSR count). The minimum Gasteiger partial charge on any atom is -0.394 e. The van der Waals surface area contributed by atoms with Crippen molar-refractivity contribution >= 4 is 8.80 Å². The fraction of sp³-hybridized carbons (Fsp3) is 1.00. The molecule has 1 unspecified atom stereocenters. The van der Waals surface area contributed by atoms with Gasteiger partial charge in [-0.25, -0.2) is 0 Å². The maximum atomic E-state index is 9.60. The van der Waals surface area contributed by atoms with Crippen LogP contribution in [0, 0.1) is 0 Å². The van der Waals surface area contributed by atoms with E-state index in [2.05, 4.69) is 0 Å². The second-order valence-electron chi connectivity index (χ2n) is 3.83. The fourth-order valence-electron chi connectivity index (χ4n) is 1.58. The Hall–Kier alpha value is 0.0169. The highest BCUT2D eigenvalue weighted by Gasteiger charge is 2.44. The van der Waals surface area contributed by atoms with Crippen molar-refractivity contribution in [1.82, 2.24) is 0 Å². The molecule has 0 amide bonds. The lowest BCUT2D eigenvalue weighted by Crippen LogP contribution is -2.61. The zero-order valence-electron chi connectivity index (χ0n) is 8.29. The number of aliphatic hydroxyl groups is 4. The third-order valence-electron chi connectivity index (χ3n) is 2.46. The van der Waals surface area contributed by atoms with Gasteiger partial charge in [0.2, 0.25) is 0 Å². The molecule has 0 aromatic heterocycles. The zero-order valence-corrected chi connectivity index (χ0v) is 9.29. The molecule has 5 atom stereocenters. The highest BCUT2D eigenvalue weighted by Crippen LogP contribution is 2.22. The van der Waals surface area contributed by atoms with E-state index < -0.39 is 38.9 Å². The summed E-state index contributed by atoms with van der Waals surface area (Å²) in [7, 11) is -0.936. The number of ether oxygens (including phenoxy) is 1. The average molecular weight is 221 g/mol. The number of rotatable bonds is 2. The van der Waals surface area contributed by atoms with Crippen LogP contribution >= 0.6 is 0 Å². The van der Waals surface area contributed by atoms with Crippen LogP contribution in [0.2, 0.25) is 13.1 Å². The minimum atomic E-state index is -1.23. The second kappa shape index (κ2) is 4.69. The summed E-state index contributed by atoms with van der Waals surface area (Å²) in [5.41, 5.74) is -0.449. The van der Waals surface area contributed by atoms with Crippen molar-refractivity contribution in [3.63, 3.8) is 0 Å². The van der Waals surface area contributed by atoms with E-state index in [1.165, 1.54) is 0 Å². The van der Waals surface area contributed by atoms with Gasteiger partial charge in [-0.3, -0.25) is 0 Å². The van der Waals surface area contributed by atoms with Crippen molar-refractivity contribution in [1.29, 1.82) is 0 Å². The molecule has 14 heavy (non-hydrogen) atoms. The van der Waals surface area contributed by atoms with Crippen molar-refractivity contribution in [2.24, 2.45) is 0 Å². The van der Waals surface area contributed by atoms with Crippen LogP contribution in [0.25, 0.3) is 0 Å². The fourth-order valence-corrected chi connectivity index (χ4v) is 2.91. The normalized spacial score (nSPS) is 44.4. The lowest BCUT2D eigenvalue weighted by Gasteiger charge is -2.41. The molecule has 0 bridgehead atoms. The Kier molecular flexibility index (Phi) is 4.05. The first-order valence-electron chi connectivity index (χ1n) is 4.59. The van der Waals surface area contributed by atoms with Gasteiger partial charge in [0.25, 0.3) is 0 Å². The molecule has 1 fully saturated rings. The molecule has 0 spiro atoms. The molecule has 1 heterocycles. The number of aliphatic hydroxyl groups excluding tert-OH is 4. The van der Waals surface area contributed by atoms with Crippen molar-refractivity contribution in [2.45, 2.75) is 43.2 Å². The first kappa shape index (κ1) is 12.1. The standard InChI is InChI=1S/C8H17O5Si/c1-14(2)8-7(12)6(11)5(10)4(3-9)13-8/h4-12H,3H2,1-2H3/t4-,5-,6+,7-,8?/m1/s1. The Balaban J connectivity index is 2.73. The summed E-state index contributed by atoms with van der Waals surface area (Å²) in [4.78, 5) is 0. The van der Waals surface area contributed by atoms with Gasteiger partial charge in [0.1, 0.15) is 24.4 Å². The predicted octanol–water partition coefficient (Wildman–Crippen LogP) is -1.88. The van der Waals surface area contributed by atoms with Crippen LogP contribution in [0.4, 0.5) is 0 Å². The summed E-state index contributed by atoms with van der Waals surface area (Å²) in [5.74, 6) is 0. The maximum Gasteiger partial charge on any atom is 0.111 e. The topological polar surface area (TPSA) is 90.2 Å². The van der Waals surface area contributed by atoms with Gasteiger partial charge >= 0.3 is 0 Å². The smallest absolute Gasteiger partial charge is 0.111 e. The average Bonchev–Trinajstić information content (AvgIpc) is 2.14. The van der Waals surface area contributed by atoms with E-state index in [1.54, 1.807) is 0 Å². The third-order valence-corrected chi connectivity index (χ3v) is 4.08. The van der Waals surface area contributed by atoms with Gasteiger partial charge in [-0.2, -0.15) is 0 Å². The van der Waals surface area contributed by atoms with Crippen molar-refractivity contribution in [3.8, 4) is 0 Å². The molecule has 0 aliphatic carbocycles. The van der Waals surface area contributed by atoms with Crippen LogP contribution in [-0.2, 0) is 4.74 Å². The molecule has 83 valence electrons. The van der Waals surface area contributed by atoms with E-state index in [1.807, 2.05) is 13.1 Å². The van der Waals surface area contributed by atoms with Gasteiger partial charge in [-0.05, 0) is 0 Å². The van der Waals surface area contributed by atoms with Crippen molar-refractivity contribution in [3.05, 3.63) is 0 Å². The third kappa shape index (κ3) is 2.15. The maximum absolute atomic E-state index is 9.60. The van der Waals surface area contributed by atoms with Crippen LogP contribution in [-0.4, -0.2) is 66.0 Å². The number of hydrogen-bond acceptors (Lipinski definition) is 5. The molecule has 0 saturated carbocycles. The first-order valence-corrected chi connectivity index (χ1v) is 7.17. The minimum absolute atomic E-state index is 0.351. The summed E-state index contributed by atoms with van der Waals surface area (Å²) in [6.45, 7) is 3.53. The summed E-state index contributed by atoms with van der Waals surface area (Å²) >= 11 is 0. The molecule has 1 radical (unpaired) electrons. The molecule has 6 heteroatoms. The Morgan fingerprint density at radius 2 is 1.64 bits per heavy atom. The van der Waals surface area contributed by atoms with E-state index in [9.17, 15) is 15.3 Å². The predicted molar refractivity (Wildman–Crippen MR) is 51.2 cm³/mol.